The molecule has 2 amide bonds. The van der Waals surface area contributed by atoms with Gasteiger partial charge in [-0.2, -0.15) is 0 Å². The van der Waals surface area contributed by atoms with E-state index in [0.717, 1.165) is 12.8 Å². The second-order valence-corrected chi connectivity index (χ2v) is 6.54. The third-order valence-electron chi connectivity index (χ3n) is 4.63. The molecule has 2 aliphatic heterocycles. The van der Waals surface area contributed by atoms with Crippen molar-refractivity contribution in [3.8, 4) is 11.8 Å². The highest BCUT2D eigenvalue weighted by atomic mass is 16.6. The molecule has 0 aliphatic carbocycles. The Morgan fingerprint density at radius 2 is 2.04 bits per heavy atom. The third kappa shape index (κ3) is 3.52. The lowest BCUT2D eigenvalue weighted by Gasteiger charge is -2.21. The molecule has 0 spiro atoms. The number of benzene rings is 1. The molecular weight excluding hydrogens is 338 g/mol. The van der Waals surface area contributed by atoms with E-state index >= 15 is 0 Å². The highest BCUT2D eigenvalue weighted by Gasteiger charge is 2.39. The molecule has 1 aromatic heterocycles. The van der Waals surface area contributed by atoms with Crippen LogP contribution in [0.3, 0.4) is 0 Å². The fourth-order valence-electron chi connectivity index (χ4n) is 3.46. The smallest absolute Gasteiger partial charge is 0.410 e. The van der Waals surface area contributed by atoms with Crippen LogP contribution in [0.2, 0.25) is 0 Å². The standard InChI is InChI=1S/C17H19N5O4/c1-9(23)18-16-21-22-17(26-16)25-12-5-2-10(3-6-12)15(24)20-14-8-11-4-7-13(14)19-11/h2-3,5-6,11,13-14,19H,4,7-8H2,1H3,(H,20,24)(H,18,21,23)/t11-,13+,14-/m1/s1. The van der Waals surface area contributed by atoms with Gasteiger partial charge in [-0.3, -0.25) is 14.9 Å². The highest BCUT2D eigenvalue weighted by molar-refractivity contribution is 5.94. The molecule has 0 radical (unpaired) electrons. The van der Waals surface area contributed by atoms with Crippen LogP contribution in [0, 0.1) is 0 Å². The first-order valence-corrected chi connectivity index (χ1v) is 8.53. The predicted octanol–water partition coefficient (Wildman–Crippen LogP) is 1.44. The first-order chi connectivity index (χ1) is 12.6. The minimum absolute atomic E-state index is 0.0389. The van der Waals surface area contributed by atoms with Crippen LogP contribution in [0.25, 0.3) is 0 Å². The lowest BCUT2D eigenvalue weighted by molar-refractivity contribution is -0.114. The number of hydrogen-bond donors (Lipinski definition) is 3. The van der Waals surface area contributed by atoms with E-state index in [-0.39, 0.29) is 29.9 Å². The summed E-state index contributed by atoms with van der Waals surface area (Å²) < 4.78 is 10.5. The summed E-state index contributed by atoms with van der Waals surface area (Å²) in [4.78, 5) is 23.3. The Hall–Kier alpha value is -2.94. The van der Waals surface area contributed by atoms with E-state index in [1.54, 1.807) is 24.3 Å². The number of rotatable bonds is 5. The predicted molar refractivity (Wildman–Crippen MR) is 90.9 cm³/mol. The summed E-state index contributed by atoms with van der Waals surface area (Å²) >= 11 is 0. The van der Waals surface area contributed by atoms with Crippen LogP contribution in [0.5, 0.6) is 11.8 Å². The summed E-state index contributed by atoms with van der Waals surface area (Å²) in [5.74, 6) is 0.0315. The first-order valence-electron chi connectivity index (χ1n) is 8.53. The maximum atomic E-state index is 12.4. The topological polar surface area (TPSA) is 118 Å². The minimum Gasteiger partial charge on any atom is -0.410 e. The number of amides is 2. The monoisotopic (exact) mass is 357 g/mol. The zero-order chi connectivity index (χ0) is 18.1. The van der Waals surface area contributed by atoms with Crippen LogP contribution in [0.15, 0.2) is 28.7 Å². The van der Waals surface area contributed by atoms with Crippen molar-refractivity contribution in [2.24, 2.45) is 0 Å². The van der Waals surface area contributed by atoms with Crippen molar-refractivity contribution >= 4 is 17.8 Å². The highest BCUT2D eigenvalue weighted by Crippen LogP contribution is 2.28. The van der Waals surface area contributed by atoms with E-state index in [9.17, 15) is 9.59 Å². The van der Waals surface area contributed by atoms with Crippen LogP contribution in [-0.2, 0) is 4.79 Å². The fourth-order valence-corrected chi connectivity index (χ4v) is 3.46. The number of carbonyl (C=O) groups excluding carboxylic acids is 2. The van der Waals surface area contributed by atoms with Crippen LogP contribution in [-0.4, -0.2) is 40.1 Å². The molecule has 3 heterocycles. The summed E-state index contributed by atoms with van der Waals surface area (Å²) in [6, 6.07) is 7.74. The number of carbonyl (C=O) groups is 2. The van der Waals surface area contributed by atoms with Crippen molar-refractivity contribution in [3.63, 3.8) is 0 Å². The zero-order valence-corrected chi connectivity index (χ0v) is 14.2. The van der Waals surface area contributed by atoms with Gasteiger partial charge in [-0.1, -0.05) is 10.2 Å². The number of nitrogens with one attached hydrogen (secondary N) is 3. The van der Waals surface area contributed by atoms with Crippen LogP contribution in [0.1, 0.15) is 36.5 Å². The summed E-state index contributed by atoms with van der Waals surface area (Å²) in [6.45, 7) is 1.33. The maximum absolute atomic E-state index is 12.4. The molecule has 0 unspecified atom stereocenters. The Morgan fingerprint density at radius 1 is 1.23 bits per heavy atom. The van der Waals surface area contributed by atoms with Gasteiger partial charge in [-0.05, 0) is 43.5 Å². The molecule has 2 fully saturated rings. The van der Waals surface area contributed by atoms with Crippen molar-refractivity contribution in [2.75, 3.05) is 5.32 Å². The SMILES string of the molecule is CC(=O)Nc1nnc(Oc2ccc(C(=O)N[C@@H]3C[C@H]4CC[C@@H]3N4)cc2)o1. The van der Waals surface area contributed by atoms with Crippen molar-refractivity contribution in [2.45, 2.75) is 44.3 Å². The molecule has 2 aromatic rings. The maximum Gasteiger partial charge on any atom is 0.421 e. The van der Waals surface area contributed by atoms with Gasteiger partial charge in [-0.15, -0.1) is 0 Å². The minimum atomic E-state index is -0.318. The van der Waals surface area contributed by atoms with Gasteiger partial charge in [0.1, 0.15) is 5.75 Å². The van der Waals surface area contributed by atoms with E-state index in [0.29, 0.717) is 23.4 Å². The summed E-state index contributed by atoms with van der Waals surface area (Å²) in [6.07, 6.45) is 3.21. The Morgan fingerprint density at radius 3 is 2.69 bits per heavy atom. The molecule has 2 aliphatic rings. The average Bonchev–Trinajstić information content (AvgIpc) is 3.32. The van der Waals surface area contributed by atoms with Crippen molar-refractivity contribution in [3.05, 3.63) is 29.8 Å². The summed E-state index contributed by atoms with van der Waals surface area (Å²) in [7, 11) is 0. The van der Waals surface area contributed by atoms with Gasteiger partial charge in [0, 0.05) is 30.6 Å². The zero-order valence-electron chi connectivity index (χ0n) is 14.2. The molecule has 136 valence electrons. The normalized spacial score (nSPS) is 23.7. The van der Waals surface area contributed by atoms with Crippen LogP contribution >= 0.6 is 0 Å². The summed E-state index contributed by atoms with van der Waals surface area (Å²) in [5.41, 5.74) is 0.560. The Bertz CT molecular complexity index is 819. The first kappa shape index (κ1) is 16.5. The number of nitrogens with zero attached hydrogens (tertiary/aromatic N) is 2. The van der Waals surface area contributed by atoms with Crippen LogP contribution < -0.4 is 20.7 Å². The molecule has 9 nitrogen and oxygen atoms in total. The van der Waals surface area contributed by atoms with E-state index in [1.165, 1.54) is 13.3 Å². The molecule has 26 heavy (non-hydrogen) atoms. The molecule has 4 rings (SSSR count). The van der Waals surface area contributed by atoms with Crippen LogP contribution in [0.4, 0.5) is 6.01 Å². The lowest BCUT2D eigenvalue weighted by Crippen LogP contribution is -2.42. The molecule has 1 aromatic carbocycles. The molecule has 3 N–H and O–H groups in total. The van der Waals surface area contributed by atoms with Gasteiger partial charge in [0.15, 0.2) is 0 Å². The molecule has 0 saturated carbocycles. The number of fused-ring (bicyclic) bond motifs is 2. The van der Waals surface area contributed by atoms with E-state index in [4.69, 9.17) is 9.15 Å². The Kier molecular flexibility index (Phi) is 4.29. The second kappa shape index (κ2) is 6.75. The Balaban J connectivity index is 1.35. The third-order valence-corrected chi connectivity index (χ3v) is 4.63. The van der Waals surface area contributed by atoms with Crippen molar-refractivity contribution in [1.29, 1.82) is 0 Å². The van der Waals surface area contributed by atoms with E-state index in [2.05, 4.69) is 26.1 Å². The number of hydrogen-bond acceptors (Lipinski definition) is 7. The fraction of sp³-hybridized carbons (Fsp3) is 0.412. The van der Waals surface area contributed by atoms with Gasteiger partial charge in [0.2, 0.25) is 5.91 Å². The van der Waals surface area contributed by atoms with Gasteiger partial charge >= 0.3 is 12.1 Å². The molecule has 2 bridgehead atoms. The quantitative estimate of drug-likeness (QED) is 0.741. The van der Waals surface area contributed by atoms with Crippen molar-refractivity contribution in [1.82, 2.24) is 20.8 Å². The number of anilines is 1. The molecule has 9 heteroatoms. The van der Waals surface area contributed by atoms with Gasteiger partial charge in [0.05, 0.1) is 0 Å². The second-order valence-electron chi connectivity index (χ2n) is 6.54. The largest absolute Gasteiger partial charge is 0.421 e. The van der Waals surface area contributed by atoms with Crippen molar-refractivity contribution < 1.29 is 18.7 Å². The lowest BCUT2D eigenvalue weighted by atomic mass is 9.95. The molecule has 2 saturated heterocycles. The molecule has 3 atom stereocenters. The van der Waals surface area contributed by atoms with E-state index in [1.807, 2.05) is 0 Å². The Labute approximate surface area is 149 Å². The number of aromatic nitrogens is 2. The summed E-state index contributed by atoms with van der Waals surface area (Å²) in [5, 5.41) is 16.3. The average molecular weight is 357 g/mol. The van der Waals surface area contributed by atoms with E-state index < -0.39 is 0 Å². The van der Waals surface area contributed by atoms with Gasteiger partial charge in [-0.25, -0.2) is 0 Å². The molecular formula is C17H19N5O4. The van der Waals surface area contributed by atoms with Gasteiger partial charge in [0.25, 0.3) is 5.91 Å². The number of ether oxygens (including phenoxy) is 1. The van der Waals surface area contributed by atoms with Gasteiger partial charge < -0.3 is 19.8 Å².